The van der Waals surface area contributed by atoms with Crippen LogP contribution in [0, 0.1) is 5.92 Å². The van der Waals surface area contributed by atoms with E-state index in [9.17, 15) is 27.6 Å². The first-order valence-electron chi connectivity index (χ1n) is 11.9. The number of amides is 3. The second-order valence-electron chi connectivity index (χ2n) is 9.12. The molecule has 0 aromatic heterocycles. The van der Waals surface area contributed by atoms with E-state index in [1.807, 2.05) is 23.6 Å². The van der Waals surface area contributed by atoms with Crippen molar-refractivity contribution in [2.24, 2.45) is 5.92 Å². The van der Waals surface area contributed by atoms with Crippen molar-refractivity contribution < 1.29 is 27.6 Å². The maximum Gasteiger partial charge on any atom is 0.416 e. The van der Waals surface area contributed by atoms with Crippen LogP contribution >= 0.6 is 0 Å². The van der Waals surface area contributed by atoms with Crippen molar-refractivity contribution in [3.63, 3.8) is 0 Å². The molecule has 1 unspecified atom stereocenters. The third kappa shape index (κ3) is 6.71. The molecule has 0 radical (unpaired) electrons. The van der Waals surface area contributed by atoms with E-state index < -0.39 is 11.7 Å². The molecule has 0 aliphatic carbocycles. The van der Waals surface area contributed by atoms with E-state index in [1.54, 1.807) is 4.90 Å². The molecule has 3 amide bonds. The Morgan fingerprint density at radius 1 is 0.971 bits per heavy atom. The summed E-state index contributed by atoms with van der Waals surface area (Å²) in [5.41, 5.74) is -0.573. The molecule has 2 aliphatic rings. The fourth-order valence-corrected chi connectivity index (χ4v) is 4.32. The van der Waals surface area contributed by atoms with Gasteiger partial charge in [-0.2, -0.15) is 13.2 Å². The third-order valence-electron chi connectivity index (χ3n) is 6.66. The molecule has 2 heterocycles. The second kappa shape index (κ2) is 11.2. The zero-order valence-corrected chi connectivity index (χ0v) is 19.7. The largest absolute Gasteiger partial charge is 0.416 e. The van der Waals surface area contributed by atoms with Crippen LogP contribution in [0.4, 0.5) is 13.2 Å². The number of nitrogens with zero attached hydrogens (tertiary/aromatic N) is 3. The molecule has 34 heavy (non-hydrogen) atoms. The highest BCUT2D eigenvalue weighted by Crippen LogP contribution is 2.29. The first kappa shape index (κ1) is 26.0. The molecule has 0 bridgehead atoms. The van der Waals surface area contributed by atoms with Crippen molar-refractivity contribution >= 4 is 17.7 Å². The zero-order valence-electron chi connectivity index (χ0n) is 19.7. The molecular formula is C24H33F3N4O3. The highest BCUT2D eigenvalue weighted by atomic mass is 19.4. The van der Waals surface area contributed by atoms with Crippen molar-refractivity contribution in [1.82, 2.24) is 20.0 Å². The molecule has 2 aliphatic heterocycles. The molecule has 1 aromatic carbocycles. The number of halogens is 3. The van der Waals surface area contributed by atoms with Crippen LogP contribution in [0.3, 0.4) is 0 Å². The number of benzene rings is 1. The van der Waals surface area contributed by atoms with Gasteiger partial charge in [-0.1, -0.05) is 6.92 Å². The van der Waals surface area contributed by atoms with Crippen LogP contribution in [0.5, 0.6) is 0 Å². The Morgan fingerprint density at radius 2 is 1.56 bits per heavy atom. The molecule has 2 saturated heterocycles. The molecule has 3 rings (SSSR count). The average molecular weight is 483 g/mol. The van der Waals surface area contributed by atoms with Gasteiger partial charge in [-0.25, -0.2) is 0 Å². The molecule has 2 fully saturated rings. The number of rotatable bonds is 6. The number of piperidine rings is 1. The van der Waals surface area contributed by atoms with Crippen LogP contribution in [0.1, 0.15) is 49.0 Å². The van der Waals surface area contributed by atoms with Crippen molar-refractivity contribution in [2.45, 2.75) is 45.3 Å². The van der Waals surface area contributed by atoms with Crippen LogP contribution in [0.25, 0.3) is 0 Å². The summed E-state index contributed by atoms with van der Waals surface area (Å²) >= 11 is 0. The van der Waals surface area contributed by atoms with E-state index in [2.05, 4.69) is 5.32 Å². The van der Waals surface area contributed by atoms with Gasteiger partial charge < -0.3 is 15.1 Å². The Bertz CT molecular complexity index is 859. The fourth-order valence-electron chi connectivity index (χ4n) is 4.32. The number of hydrogen-bond acceptors (Lipinski definition) is 4. The monoisotopic (exact) mass is 482 g/mol. The summed E-state index contributed by atoms with van der Waals surface area (Å²) in [5, 5.41) is 2.95. The van der Waals surface area contributed by atoms with Gasteiger partial charge in [0, 0.05) is 56.8 Å². The molecule has 1 N–H and O–H groups in total. The minimum atomic E-state index is -4.44. The van der Waals surface area contributed by atoms with Gasteiger partial charge in [-0.3, -0.25) is 19.3 Å². The Kier molecular flexibility index (Phi) is 8.57. The Labute approximate surface area is 198 Å². The predicted octanol–water partition coefficient (Wildman–Crippen LogP) is 2.62. The summed E-state index contributed by atoms with van der Waals surface area (Å²) < 4.78 is 38.2. The minimum Gasteiger partial charge on any atom is -0.353 e. The van der Waals surface area contributed by atoms with Gasteiger partial charge in [0.1, 0.15) is 0 Å². The molecule has 1 atom stereocenters. The first-order chi connectivity index (χ1) is 16.1. The molecular weight excluding hydrogens is 449 g/mol. The van der Waals surface area contributed by atoms with Crippen molar-refractivity contribution in [1.29, 1.82) is 0 Å². The first-order valence-corrected chi connectivity index (χ1v) is 11.9. The standard InChI is InChI=1S/C24H33F3N4O3/c1-3-17(2)28-21(32)16-29-12-14-31(15-13-29)23(34)19-8-10-30(11-9-19)22(33)18-4-6-20(7-5-18)24(25,26)27/h4-7,17,19H,3,8-16H2,1-2H3,(H,28,32). The van der Waals surface area contributed by atoms with E-state index in [1.165, 1.54) is 12.1 Å². The maximum absolute atomic E-state index is 13.0. The zero-order chi connectivity index (χ0) is 24.9. The number of alkyl halides is 3. The van der Waals surface area contributed by atoms with Gasteiger partial charge in [0.05, 0.1) is 12.1 Å². The molecule has 10 heteroatoms. The Hall–Kier alpha value is -2.62. The summed E-state index contributed by atoms with van der Waals surface area (Å²) in [4.78, 5) is 43.2. The molecule has 188 valence electrons. The van der Waals surface area contributed by atoms with Gasteiger partial charge >= 0.3 is 6.18 Å². The maximum atomic E-state index is 13.0. The van der Waals surface area contributed by atoms with E-state index in [4.69, 9.17) is 0 Å². The predicted molar refractivity (Wildman–Crippen MR) is 121 cm³/mol. The van der Waals surface area contributed by atoms with Gasteiger partial charge in [0.25, 0.3) is 5.91 Å². The van der Waals surface area contributed by atoms with Gasteiger partial charge in [-0.15, -0.1) is 0 Å². The van der Waals surface area contributed by atoms with Crippen LogP contribution in [0.2, 0.25) is 0 Å². The topological polar surface area (TPSA) is 73.0 Å². The van der Waals surface area contributed by atoms with Gasteiger partial charge in [-0.05, 0) is 50.5 Å². The lowest BCUT2D eigenvalue weighted by molar-refractivity contribution is -0.139. The minimum absolute atomic E-state index is 0.000730. The third-order valence-corrected chi connectivity index (χ3v) is 6.66. The van der Waals surface area contributed by atoms with Crippen molar-refractivity contribution in [3.8, 4) is 0 Å². The number of carbonyl (C=O) groups is 3. The van der Waals surface area contributed by atoms with E-state index in [-0.39, 0.29) is 35.2 Å². The van der Waals surface area contributed by atoms with Crippen LogP contribution in [-0.4, -0.2) is 84.3 Å². The van der Waals surface area contributed by atoms with E-state index in [0.717, 1.165) is 18.6 Å². The van der Waals surface area contributed by atoms with Gasteiger partial charge in [0.15, 0.2) is 0 Å². The van der Waals surface area contributed by atoms with Crippen molar-refractivity contribution in [3.05, 3.63) is 35.4 Å². The quantitative estimate of drug-likeness (QED) is 0.677. The molecule has 1 aromatic rings. The van der Waals surface area contributed by atoms with Crippen molar-refractivity contribution in [2.75, 3.05) is 45.8 Å². The Balaban J connectivity index is 1.43. The molecule has 7 nitrogen and oxygen atoms in total. The fraction of sp³-hybridized carbons (Fsp3) is 0.625. The summed E-state index contributed by atoms with van der Waals surface area (Å²) in [5.74, 6) is -0.412. The molecule has 0 spiro atoms. The van der Waals surface area contributed by atoms with Crippen LogP contribution in [0.15, 0.2) is 24.3 Å². The average Bonchev–Trinajstić information content (AvgIpc) is 2.83. The SMILES string of the molecule is CCC(C)NC(=O)CN1CCN(C(=O)C2CCN(C(=O)c3ccc(C(F)(F)F)cc3)CC2)CC1. The summed E-state index contributed by atoms with van der Waals surface area (Å²) in [6.07, 6.45) is -2.50. The normalized spacial score (nSPS) is 19.1. The smallest absolute Gasteiger partial charge is 0.353 e. The number of hydrogen-bond donors (Lipinski definition) is 1. The van der Waals surface area contributed by atoms with Crippen LogP contribution in [-0.2, 0) is 15.8 Å². The lowest BCUT2D eigenvalue weighted by atomic mass is 9.94. The van der Waals surface area contributed by atoms with Gasteiger partial charge in [0.2, 0.25) is 11.8 Å². The number of carbonyl (C=O) groups excluding carboxylic acids is 3. The van der Waals surface area contributed by atoms with E-state index in [0.29, 0.717) is 58.7 Å². The number of likely N-dealkylation sites (tertiary alicyclic amines) is 1. The summed E-state index contributed by atoms with van der Waals surface area (Å²) in [6, 6.07) is 4.37. The summed E-state index contributed by atoms with van der Waals surface area (Å²) in [7, 11) is 0. The highest BCUT2D eigenvalue weighted by molar-refractivity contribution is 5.94. The van der Waals surface area contributed by atoms with E-state index >= 15 is 0 Å². The lowest BCUT2D eigenvalue weighted by Gasteiger charge is -2.38. The van der Waals surface area contributed by atoms with Crippen LogP contribution < -0.4 is 5.32 Å². The molecule has 0 saturated carbocycles. The second-order valence-corrected chi connectivity index (χ2v) is 9.12. The highest BCUT2D eigenvalue weighted by Gasteiger charge is 2.33. The Morgan fingerprint density at radius 3 is 2.09 bits per heavy atom. The summed E-state index contributed by atoms with van der Waals surface area (Å²) in [6.45, 7) is 7.53. The number of piperazine rings is 1. The number of nitrogens with one attached hydrogen (secondary N) is 1. The lowest BCUT2D eigenvalue weighted by Crippen LogP contribution is -2.53.